The van der Waals surface area contributed by atoms with Crippen molar-refractivity contribution in [1.29, 1.82) is 0 Å². The van der Waals surface area contributed by atoms with Crippen LogP contribution in [-0.2, 0) is 0 Å². The molecule has 1 atom stereocenters. The van der Waals surface area contributed by atoms with Crippen LogP contribution in [0.3, 0.4) is 0 Å². The maximum absolute atomic E-state index is 14.5. The first-order valence-electron chi connectivity index (χ1n) is 10.7. The highest BCUT2D eigenvalue weighted by molar-refractivity contribution is 5.93. The van der Waals surface area contributed by atoms with Gasteiger partial charge < -0.3 is 5.32 Å². The van der Waals surface area contributed by atoms with Gasteiger partial charge >= 0.3 is 6.18 Å². The van der Waals surface area contributed by atoms with Gasteiger partial charge in [-0.15, -0.1) is 0 Å². The molecule has 0 aliphatic carbocycles. The highest BCUT2D eigenvalue weighted by atomic mass is 19.4. The molecule has 1 unspecified atom stereocenters. The Morgan fingerprint density at radius 3 is 2.77 bits per heavy atom. The highest BCUT2D eigenvalue weighted by Gasteiger charge is 2.38. The fourth-order valence-electron chi connectivity index (χ4n) is 4.08. The molecule has 1 aliphatic rings. The minimum absolute atomic E-state index is 0.0874. The van der Waals surface area contributed by atoms with Crippen LogP contribution in [0.25, 0.3) is 10.9 Å². The van der Waals surface area contributed by atoms with Crippen molar-refractivity contribution in [3.63, 3.8) is 0 Å². The number of fused-ring (bicyclic) bond motifs is 1. The van der Waals surface area contributed by atoms with Crippen LogP contribution in [-0.4, -0.2) is 45.6 Å². The molecular formula is C24H21F4N5O2. The van der Waals surface area contributed by atoms with Gasteiger partial charge in [-0.2, -0.15) is 13.2 Å². The number of anilines is 2. The van der Waals surface area contributed by atoms with Crippen LogP contribution < -0.4 is 5.32 Å². The topological polar surface area (TPSA) is 84.2 Å². The van der Waals surface area contributed by atoms with Crippen molar-refractivity contribution in [3.8, 4) is 11.8 Å². The van der Waals surface area contributed by atoms with Crippen LogP contribution in [0, 0.1) is 40.1 Å². The summed E-state index contributed by atoms with van der Waals surface area (Å²) in [5.41, 5.74) is -0.0264. The molecule has 2 aromatic carbocycles. The molecule has 0 bridgehead atoms. The molecule has 0 amide bonds. The number of rotatable bonds is 4. The first-order valence-corrected chi connectivity index (χ1v) is 10.7. The number of hydrogen-bond acceptors (Lipinski definition) is 6. The van der Waals surface area contributed by atoms with E-state index in [-0.39, 0.29) is 35.8 Å². The van der Waals surface area contributed by atoms with Gasteiger partial charge in [0.05, 0.1) is 22.7 Å². The quantitative estimate of drug-likeness (QED) is 0.231. The molecule has 35 heavy (non-hydrogen) atoms. The van der Waals surface area contributed by atoms with Crippen molar-refractivity contribution >= 4 is 28.1 Å². The summed E-state index contributed by atoms with van der Waals surface area (Å²) in [5, 5.41) is 15.0. The summed E-state index contributed by atoms with van der Waals surface area (Å²) >= 11 is 0. The first kappa shape index (κ1) is 24.3. The molecular weight excluding hydrogens is 466 g/mol. The number of nitrogens with one attached hydrogen (secondary N) is 1. The van der Waals surface area contributed by atoms with Crippen molar-refractivity contribution in [3.05, 3.63) is 63.7 Å². The number of aromatic nitrogens is 2. The third-order valence-electron chi connectivity index (χ3n) is 5.85. The number of halogens is 4. The Balaban J connectivity index is 1.69. The van der Waals surface area contributed by atoms with Gasteiger partial charge in [0.25, 0.3) is 5.69 Å². The van der Waals surface area contributed by atoms with E-state index in [1.54, 1.807) is 26.0 Å². The lowest BCUT2D eigenvalue weighted by molar-refractivity contribution is -0.385. The average molecular weight is 487 g/mol. The Labute approximate surface area is 198 Å². The number of aryl methyl sites for hydroxylation is 1. The Morgan fingerprint density at radius 1 is 1.29 bits per heavy atom. The lowest BCUT2D eigenvalue weighted by Gasteiger charge is -2.20. The first-order chi connectivity index (χ1) is 16.4. The molecule has 0 saturated carbocycles. The van der Waals surface area contributed by atoms with E-state index in [1.165, 1.54) is 29.4 Å². The molecule has 11 heteroatoms. The number of benzene rings is 2. The normalized spacial score (nSPS) is 18.3. The molecule has 1 fully saturated rings. The van der Waals surface area contributed by atoms with Gasteiger partial charge in [0.15, 0.2) is 0 Å². The lowest BCUT2D eigenvalue weighted by atomic mass is 9.90. The van der Waals surface area contributed by atoms with E-state index < -0.39 is 28.9 Å². The largest absolute Gasteiger partial charge is 0.401 e. The van der Waals surface area contributed by atoms with E-state index >= 15 is 0 Å². The number of likely N-dealkylation sites (tertiary alicyclic amines) is 1. The zero-order chi connectivity index (χ0) is 25.4. The zero-order valence-electron chi connectivity index (χ0n) is 18.9. The minimum atomic E-state index is -4.30. The summed E-state index contributed by atoms with van der Waals surface area (Å²) in [7, 11) is 0. The maximum atomic E-state index is 14.5. The Bertz CT molecular complexity index is 1370. The molecule has 4 rings (SSSR count). The highest BCUT2D eigenvalue weighted by Crippen LogP contribution is 2.33. The van der Waals surface area contributed by atoms with Crippen LogP contribution >= 0.6 is 0 Å². The van der Waals surface area contributed by atoms with Gasteiger partial charge in [0, 0.05) is 30.0 Å². The van der Waals surface area contributed by atoms with Gasteiger partial charge in [-0.25, -0.2) is 14.4 Å². The second-order valence-corrected chi connectivity index (χ2v) is 8.81. The van der Waals surface area contributed by atoms with Crippen molar-refractivity contribution in [1.82, 2.24) is 14.9 Å². The fourth-order valence-corrected chi connectivity index (χ4v) is 4.08. The van der Waals surface area contributed by atoms with Crippen molar-refractivity contribution in [2.45, 2.75) is 26.4 Å². The average Bonchev–Trinajstić information content (AvgIpc) is 3.14. The van der Waals surface area contributed by atoms with Gasteiger partial charge in [-0.05, 0) is 38.0 Å². The van der Waals surface area contributed by atoms with E-state index in [0.717, 1.165) is 0 Å². The Morgan fingerprint density at radius 2 is 2.06 bits per heavy atom. The smallest absolute Gasteiger partial charge is 0.337 e. The molecule has 182 valence electrons. The van der Waals surface area contributed by atoms with Gasteiger partial charge in [-0.3, -0.25) is 15.0 Å². The van der Waals surface area contributed by atoms with Crippen LogP contribution in [0.2, 0.25) is 0 Å². The monoisotopic (exact) mass is 487 g/mol. The van der Waals surface area contributed by atoms with Gasteiger partial charge in [0.2, 0.25) is 0 Å². The van der Waals surface area contributed by atoms with Crippen LogP contribution in [0.1, 0.15) is 24.5 Å². The lowest BCUT2D eigenvalue weighted by Crippen LogP contribution is -2.33. The summed E-state index contributed by atoms with van der Waals surface area (Å²) in [5.74, 6) is 5.46. The molecule has 7 nitrogen and oxygen atoms in total. The summed E-state index contributed by atoms with van der Waals surface area (Å²) in [6.45, 7) is 2.68. The van der Waals surface area contributed by atoms with Crippen molar-refractivity contribution < 1.29 is 22.5 Å². The van der Waals surface area contributed by atoms with Crippen molar-refractivity contribution in [2.75, 3.05) is 25.0 Å². The molecule has 1 aliphatic heterocycles. The predicted molar refractivity (Wildman–Crippen MR) is 123 cm³/mol. The number of nitro groups is 1. The predicted octanol–water partition coefficient (Wildman–Crippen LogP) is 5.35. The van der Waals surface area contributed by atoms with E-state index in [0.29, 0.717) is 22.9 Å². The molecule has 1 saturated heterocycles. The number of nitrogens with zero attached hydrogens (tertiary/aromatic N) is 4. The summed E-state index contributed by atoms with van der Waals surface area (Å²) in [4.78, 5) is 20.8. The minimum Gasteiger partial charge on any atom is -0.337 e. The van der Waals surface area contributed by atoms with Crippen LogP contribution in [0.5, 0.6) is 0 Å². The van der Waals surface area contributed by atoms with Gasteiger partial charge in [-0.1, -0.05) is 24.0 Å². The summed E-state index contributed by atoms with van der Waals surface area (Å²) < 4.78 is 52.6. The van der Waals surface area contributed by atoms with Crippen molar-refractivity contribution in [2.24, 2.45) is 5.41 Å². The summed E-state index contributed by atoms with van der Waals surface area (Å²) in [6.07, 6.45) is -2.65. The summed E-state index contributed by atoms with van der Waals surface area (Å²) in [6, 6.07) is 7.50. The second-order valence-electron chi connectivity index (χ2n) is 8.81. The van der Waals surface area contributed by atoms with E-state index in [4.69, 9.17) is 0 Å². The van der Waals surface area contributed by atoms with E-state index in [9.17, 15) is 27.7 Å². The third-order valence-corrected chi connectivity index (χ3v) is 5.85. The number of hydrogen-bond donors (Lipinski definition) is 1. The fraction of sp³-hybridized carbons (Fsp3) is 0.333. The third kappa shape index (κ3) is 5.49. The molecule has 0 spiro atoms. The molecule has 1 aromatic heterocycles. The van der Waals surface area contributed by atoms with E-state index in [1.807, 2.05) is 0 Å². The maximum Gasteiger partial charge on any atom is 0.401 e. The molecule has 1 N–H and O–H groups in total. The number of alkyl halides is 3. The molecule has 3 aromatic rings. The van der Waals surface area contributed by atoms with Crippen LogP contribution in [0.4, 0.5) is 34.8 Å². The Kier molecular flexibility index (Phi) is 6.34. The Hall–Kier alpha value is -3.78. The standard InChI is InChI=1S/C24H21F4N5O2/c1-15-4-3-5-18(21(15)25)31-22-17-11-20(33(34)35)16(10-19(17)29-14-30-22)6-7-23(2)8-9-32(12-23)13-24(26,27)28/h3-5,10-11,14H,8-9,12-13H2,1-2H3,(H,29,30,31). The zero-order valence-corrected chi connectivity index (χ0v) is 18.9. The molecule has 2 heterocycles. The second kappa shape index (κ2) is 9.11. The SMILES string of the molecule is Cc1cccc(Nc2ncnc3cc(C#CC4(C)CCN(CC(F)(F)F)C4)c([N+](=O)[O-])cc23)c1F. The van der Waals surface area contributed by atoms with Crippen LogP contribution in [0.15, 0.2) is 36.7 Å². The molecule has 0 radical (unpaired) electrons. The van der Waals surface area contributed by atoms with E-state index in [2.05, 4.69) is 27.1 Å². The number of nitro benzene ring substituents is 1. The van der Waals surface area contributed by atoms with Gasteiger partial charge in [0.1, 0.15) is 23.5 Å².